The summed E-state index contributed by atoms with van der Waals surface area (Å²) in [4.78, 5) is 21.0. The number of aromatic amines is 1. The average molecular weight is 252 g/mol. The van der Waals surface area contributed by atoms with Crippen molar-refractivity contribution in [2.45, 2.75) is 32.4 Å². The van der Waals surface area contributed by atoms with Crippen molar-refractivity contribution in [2.75, 3.05) is 19.6 Å². The van der Waals surface area contributed by atoms with Gasteiger partial charge in [-0.3, -0.25) is 4.90 Å². The molecule has 1 aromatic heterocycles. The lowest BCUT2D eigenvalue weighted by Crippen LogP contribution is -2.50. The summed E-state index contributed by atoms with van der Waals surface area (Å²) in [6.07, 6.45) is 3.09. The van der Waals surface area contributed by atoms with Gasteiger partial charge in [0.2, 0.25) is 0 Å². The second kappa shape index (κ2) is 4.97. The Morgan fingerprint density at radius 1 is 1.56 bits per heavy atom. The van der Waals surface area contributed by atoms with Gasteiger partial charge in [-0.2, -0.15) is 0 Å². The Morgan fingerprint density at radius 3 is 2.94 bits per heavy atom. The van der Waals surface area contributed by atoms with Gasteiger partial charge in [0.05, 0.1) is 24.3 Å². The van der Waals surface area contributed by atoms with Crippen LogP contribution in [0.3, 0.4) is 0 Å². The molecule has 0 spiro atoms. The largest absolute Gasteiger partial charge is 0.444 e. The first kappa shape index (κ1) is 12.9. The number of carbonyl (C=O) groups is 1. The van der Waals surface area contributed by atoms with Crippen LogP contribution < -0.4 is 5.32 Å². The van der Waals surface area contributed by atoms with Crippen molar-refractivity contribution in [1.29, 1.82) is 0 Å². The molecule has 0 bridgehead atoms. The fraction of sp³-hybridized carbons (Fsp3) is 0.667. The molecule has 0 aliphatic carbocycles. The van der Waals surface area contributed by atoms with Crippen molar-refractivity contribution < 1.29 is 9.53 Å². The number of aromatic nitrogens is 2. The Labute approximate surface area is 107 Å². The molecule has 18 heavy (non-hydrogen) atoms. The number of imidazole rings is 1. The Morgan fingerprint density at radius 2 is 2.33 bits per heavy atom. The van der Waals surface area contributed by atoms with Gasteiger partial charge < -0.3 is 15.0 Å². The number of rotatable bonds is 1. The normalized spacial score (nSPS) is 20.8. The minimum absolute atomic E-state index is 0.0453. The summed E-state index contributed by atoms with van der Waals surface area (Å²) in [5.41, 5.74) is 0.452. The molecule has 1 saturated heterocycles. The van der Waals surface area contributed by atoms with Crippen LogP contribution in [-0.4, -0.2) is 46.2 Å². The van der Waals surface area contributed by atoms with Crippen LogP contribution >= 0.6 is 0 Å². The van der Waals surface area contributed by atoms with Crippen molar-refractivity contribution in [1.82, 2.24) is 20.2 Å². The highest BCUT2D eigenvalue weighted by molar-refractivity contribution is 5.69. The van der Waals surface area contributed by atoms with Crippen LogP contribution in [0.2, 0.25) is 0 Å². The maximum atomic E-state index is 12.2. The molecule has 2 rings (SSSR count). The minimum atomic E-state index is -0.472. The lowest BCUT2D eigenvalue weighted by molar-refractivity contribution is 0.0114. The standard InChI is InChI=1S/C12H20N4O2/c1-12(2,3)18-11(17)16-5-4-13-7-10(16)9-6-14-8-15-9/h6,8,10,13H,4-5,7H2,1-3H3,(H,14,15). The summed E-state index contributed by atoms with van der Waals surface area (Å²) in [5.74, 6) is 0. The third-order valence-corrected chi connectivity index (χ3v) is 2.75. The van der Waals surface area contributed by atoms with Crippen LogP contribution in [0, 0.1) is 0 Å². The Bertz CT molecular complexity index is 397. The molecule has 2 heterocycles. The third kappa shape index (κ3) is 3.01. The highest BCUT2D eigenvalue weighted by Gasteiger charge is 2.31. The topological polar surface area (TPSA) is 70.2 Å². The molecule has 1 fully saturated rings. The zero-order chi connectivity index (χ0) is 13.2. The first-order valence-corrected chi connectivity index (χ1v) is 6.16. The molecule has 1 atom stereocenters. The van der Waals surface area contributed by atoms with Crippen LogP contribution in [-0.2, 0) is 4.74 Å². The van der Waals surface area contributed by atoms with Gasteiger partial charge in [0, 0.05) is 19.6 Å². The maximum Gasteiger partial charge on any atom is 0.410 e. The molecule has 100 valence electrons. The minimum Gasteiger partial charge on any atom is -0.444 e. The van der Waals surface area contributed by atoms with Gasteiger partial charge in [-0.05, 0) is 20.8 Å². The number of piperazine rings is 1. The highest BCUT2D eigenvalue weighted by Crippen LogP contribution is 2.22. The number of nitrogens with zero attached hydrogens (tertiary/aromatic N) is 2. The molecule has 6 nitrogen and oxygen atoms in total. The van der Waals surface area contributed by atoms with E-state index in [9.17, 15) is 4.79 Å². The summed E-state index contributed by atoms with van der Waals surface area (Å²) in [7, 11) is 0. The number of nitrogens with one attached hydrogen (secondary N) is 2. The van der Waals surface area contributed by atoms with Crippen LogP contribution in [0.5, 0.6) is 0 Å². The number of H-pyrrole nitrogens is 1. The zero-order valence-electron chi connectivity index (χ0n) is 11.1. The van der Waals surface area contributed by atoms with E-state index in [0.717, 1.165) is 12.2 Å². The molecular formula is C12H20N4O2. The summed E-state index contributed by atoms with van der Waals surface area (Å²) >= 11 is 0. The number of hydrogen-bond donors (Lipinski definition) is 2. The van der Waals surface area contributed by atoms with E-state index >= 15 is 0 Å². The second-order valence-electron chi connectivity index (χ2n) is 5.40. The van der Waals surface area contributed by atoms with E-state index in [4.69, 9.17) is 4.74 Å². The van der Waals surface area contributed by atoms with Gasteiger partial charge in [-0.1, -0.05) is 0 Å². The van der Waals surface area contributed by atoms with E-state index in [1.807, 2.05) is 20.8 Å². The summed E-state index contributed by atoms with van der Waals surface area (Å²) in [6.45, 7) is 7.75. The van der Waals surface area contributed by atoms with E-state index in [2.05, 4.69) is 15.3 Å². The summed E-state index contributed by atoms with van der Waals surface area (Å²) in [5, 5.41) is 3.27. The van der Waals surface area contributed by atoms with Crippen molar-refractivity contribution in [3.05, 3.63) is 18.2 Å². The van der Waals surface area contributed by atoms with Crippen LogP contribution in [0.25, 0.3) is 0 Å². The van der Waals surface area contributed by atoms with Crippen molar-refractivity contribution in [3.8, 4) is 0 Å². The van der Waals surface area contributed by atoms with Crippen molar-refractivity contribution in [2.24, 2.45) is 0 Å². The Kier molecular flexibility index (Phi) is 3.56. The summed E-state index contributed by atoms with van der Waals surface area (Å²) in [6, 6.07) is -0.0453. The van der Waals surface area contributed by atoms with Crippen molar-refractivity contribution >= 4 is 6.09 Å². The first-order chi connectivity index (χ1) is 8.47. The molecule has 0 radical (unpaired) electrons. The molecule has 2 N–H and O–H groups in total. The van der Waals surface area contributed by atoms with Gasteiger partial charge in [0.25, 0.3) is 0 Å². The molecule has 1 aliphatic rings. The van der Waals surface area contributed by atoms with Crippen LogP contribution in [0.15, 0.2) is 12.5 Å². The first-order valence-electron chi connectivity index (χ1n) is 6.16. The molecule has 1 aliphatic heterocycles. The van der Waals surface area contributed by atoms with E-state index in [-0.39, 0.29) is 12.1 Å². The van der Waals surface area contributed by atoms with E-state index in [0.29, 0.717) is 13.1 Å². The quantitative estimate of drug-likeness (QED) is 0.790. The predicted molar refractivity (Wildman–Crippen MR) is 67.1 cm³/mol. The van der Waals surface area contributed by atoms with Gasteiger partial charge >= 0.3 is 6.09 Å². The van der Waals surface area contributed by atoms with Gasteiger partial charge in [-0.25, -0.2) is 9.78 Å². The lowest BCUT2D eigenvalue weighted by Gasteiger charge is -2.36. The molecule has 6 heteroatoms. The number of carbonyl (C=O) groups excluding carboxylic acids is 1. The van der Waals surface area contributed by atoms with E-state index < -0.39 is 5.60 Å². The van der Waals surface area contributed by atoms with Gasteiger partial charge in [-0.15, -0.1) is 0 Å². The molecule has 1 amide bonds. The SMILES string of the molecule is CC(C)(C)OC(=O)N1CCNCC1c1cnc[nH]1. The zero-order valence-corrected chi connectivity index (χ0v) is 11.1. The fourth-order valence-electron chi connectivity index (χ4n) is 1.97. The lowest BCUT2D eigenvalue weighted by atomic mass is 10.1. The van der Waals surface area contributed by atoms with Crippen molar-refractivity contribution in [3.63, 3.8) is 0 Å². The molecular weight excluding hydrogens is 232 g/mol. The predicted octanol–water partition coefficient (Wildman–Crippen LogP) is 1.29. The highest BCUT2D eigenvalue weighted by atomic mass is 16.6. The van der Waals surface area contributed by atoms with Crippen LogP contribution in [0.1, 0.15) is 32.5 Å². The number of hydrogen-bond acceptors (Lipinski definition) is 4. The van der Waals surface area contributed by atoms with Gasteiger partial charge in [0.15, 0.2) is 0 Å². The van der Waals surface area contributed by atoms with E-state index in [1.54, 1.807) is 17.4 Å². The third-order valence-electron chi connectivity index (χ3n) is 2.75. The maximum absolute atomic E-state index is 12.2. The number of ether oxygens (including phenoxy) is 1. The molecule has 0 aromatic carbocycles. The Hall–Kier alpha value is -1.56. The average Bonchev–Trinajstić information content (AvgIpc) is 2.80. The Balaban J connectivity index is 2.11. The second-order valence-corrected chi connectivity index (χ2v) is 5.40. The van der Waals surface area contributed by atoms with E-state index in [1.165, 1.54) is 0 Å². The monoisotopic (exact) mass is 252 g/mol. The van der Waals surface area contributed by atoms with Crippen LogP contribution in [0.4, 0.5) is 4.79 Å². The summed E-state index contributed by atoms with van der Waals surface area (Å²) < 4.78 is 5.43. The fourth-order valence-corrected chi connectivity index (χ4v) is 1.97. The molecule has 0 saturated carbocycles. The number of amides is 1. The smallest absolute Gasteiger partial charge is 0.410 e. The van der Waals surface area contributed by atoms with Gasteiger partial charge in [0.1, 0.15) is 5.60 Å². The molecule has 1 unspecified atom stereocenters. The molecule has 1 aromatic rings.